The highest BCUT2D eigenvalue weighted by Gasteiger charge is 2.28. The molecule has 3 rings (SSSR count). The molecule has 1 aliphatic heterocycles. The summed E-state index contributed by atoms with van der Waals surface area (Å²) in [7, 11) is 1.83. The molecule has 0 saturated carbocycles. The number of rotatable bonds is 2. The number of carbonyl (C=O) groups excluding carboxylic acids is 1. The van der Waals surface area contributed by atoms with Gasteiger partial charge in [-0.2, -0.15) is 0 Å². The summed E-state index contributed by atoms with van der Waals surface area (Å²) < 4.78 is 0. The van der Waals surface area contributed by atoms with E-state index in [1.54, 1.807) is 11.1 Å². The molecule has 19 heavy (non-hydrogen) atoms. The van der Waals surface area contributed by atoms with Crippen molar-refractivity contribution in [2.75, 3.05) is 24.6 Å². The molecule has 5 heteroatoms. The van der Waals surface area contributed by atoms with Gasteiger partial charge < -0.3 is 16.0 Å². The maximum Gasteiger partial charge on any atom is 0.244 e. The van der Waals surface area contributed by atoms with E-state index in [0.29, 0.717) is 5.69 Å². The molecule has 98 valence electrons. The number of likely N-dealkylation sites (N-methyl/N-ethyl adjacent to an activating group) is 1. The number of aromatic nitrogens is 1. The number of nitrogen functional groups attached to an aromatic ring is 1. The number of likely N-dealkylation sites (tertiary alicyclic amines) is 1. The second-order valence-electron chi connectivity index (χ2n) is 4.88. The molecule has 3 N–H and O–H groups in total. The third-order valence-corrected chi connectivity index (χ3v) is 3.52. The molecular weight excluding hydrogens is 240 g/mol. The van der Waals surface area contributed by atoms with Gasteiger partial charge in [-0.25, -0.2) is 0 Å². The molecule has 2 aromatic rings. The summed E-state index contributed by atoms with van der Waals surface area (Å²) in [5.74, 6) is 0.139. The van der Waals surface area contributed by atoms with E-state index in [4.69, 9.17) is 5.73 Å². The Morgan fingerprint density at radius 1 is 1.42 bits per heavy atom. The number of nitrogens with zero attached hydrogens (tertiary/aromatic N) is 2. The van der Waals surface area contributed by atoms with E-state index in [2.05, 4.69) is 10.3 Å². The third-order valence-electron chi connectivity index (χ3n) is 3.52. The average molecular weight is 256 g/mol. The topological polar surface area (TPSA) is 71.2 Å². The Hall–Kier alpha value is -2.30. The van der Waals surface area contributed by atoms with Gasteiger partial charge in [-0.05, 0) is 30.7 Å². The molecule has 2 heterocycles. The molecule has 0 spiro atoms. The summed E-state index contributed by atoms with van der Waals surface area (Å²) in [6, 6.07) is 7.36. The Balaban J connectivity index is 1.95. The van der Waals surface area contributed by atoms with Crippen LogP contribution in [-0.4, -0.2) is 35.4 Å². The van der Waals surface area contributed by atoms with Crippen LogP contribution in [0.25, 0.3) is 10.9 Å². The van der Waals surface area contributed by atoms with Gasteiger partial charge in [-0.3, -0.25) is 9.78 Å². The molecule has 1 amide bonds. The quantitative estimate of drug-likeness (QED) is 0.798. The fraction of sp³-hybridized carbons (Fsp3) is 0.286. The van der Waals surface area contributed by atoms with Gasteiger partial charge in [-0.1, -0.05) is 0 Å². The summed E-state index contributed by atoms with van der Waals surface area (Å²) in [5, 5.41) is 4.30. The van der Waals surface area contributed by atoms with E-state index in [0.717, 1.165) is 29.6 Å². The average Bonchev–Trinajstić information content (AvgIpc) is 2.71. The van der Waals surface area contributed by atoms with E-state index in [9.17, 15) is 4.79 Å². The van der Waals surface area contributed by atoms with Gasteiger partial charge in [0.05, 0.1) is 5.52 Å². The maximum absolute atomic E-state index is 11.9. The second-order valence-corrected chi connectivity index (χ2v) is 4.88. The summed E-state index contributed by atoms with van der Waals surface area (Å²) in [4.78, 5) is 18.0. The first-order valence-electron chi connectivity index (χ1n) is 6.31. The molecule has 5 nitrogen and oxygen atoms in total. The largest absolute Gasteiger partial charge is 0.399 e. The van der Waals surface area contributed by atoms with Crippen molar-refractivity contribution in [2.24, 2.45) is 0 Å². The van der Waals surface area contributed by atoms with E-state index in [1.165, 1.54) is 0 Å². The minimum Gasteiger partial charge on any atom is -0.399 e. The van der Waals surface area contributed by atoms with Gasteiger partial charge in [0, 0.05) is 36.6 Å². The number of hydrogen-bond donors (Lipinski definition) is 2. The number of fused-ring (bicyclic) bond motifs is 1. The number of amides is 1. The zero-order valence-corrected chi connectivity index (χ0v) is 10.8. The molecule has 1 unspecified atom stereocenters. The first kappa shape index (κ1) is 11.8. The summed E-state index contributed by atoms with van der Waals surface area (Å²) in [5.41, 5.74) is 8.21. The highest BCUT2D eigenvalue weighted by atomic mass is 16.2. The number of hydrogen-bond acceptors (Lipinski definition) is 4. The Morgan fingerprint density at radius 3 is 3.00 bits per heavy atom. The lowest BCUT2D eigenvalue weighted by Crippen LogP contribution is -2.30. The zero-order valence-electron chi connectivity index (χ0n) is 10.8. The zero-order chi connectivity index (χ0) is 13.4. The predicted octanol–water partition coefficient (Wildman–Crippen LogP) is 1.46. The van der Waals surface area contributed by atoms with Crippen molar-refractivity contribution in [3.8, 4) is 0 Å². The van der Waals surface area contributed by atoms with Crippen LogP contribution in [0.1, 0.15) is 6.42 Å². The van der Waals surface area contributed by atoms with Crippen LogP contribution in [0, 0.1) is 0 Å². The third kappa shape index (κ3) is 2.07. The van der Waals surface area contributed by atoms with E-state index < -0.39 is 0 Å². The van der Waals surface area contributed by atoms with Crippen LogP contribution in [0.5, 0.6) is 0 Å². The van der Waals surface area contributed by atoms with Gasteiger partial charge in [-0.15, -0.1) is 0 Å². The van der Waals surface area contributed by atoms with Crippen molar-refractivity contribution in [2.45, 2.75) is 12.5 Å². The molecule has 0 radical (unpaired) electrons. The fourth-order valence-electron chi connectivity index (χ4n) is 2.44. The molecule has 1 fully saturated rings. The van der Waals surface area contributed by atoms with Crippen LogP contribution in [0.3, 0.4) is 0 Å². The summed E-state index contributed by atoms with van der Waals surface area (Å²) >= 11 is 0. The van der Waals surface area contributed by atoms with Crippen LogP contribution >= 0.6 is 0 Å². The van der Waals surface area contributed by atoms with Crippen molar-refractivity contribution in [1.82, 2.24) is 9.88 Å². The smallest absolute Gasteiger partial charge is 0.244 e. The van der Waals surface area contributed by atoms with Crippen LogP contribution in [-0.2, 0) is 4.79 Å². The minimum absolute atomic E-state index is 0.139. The molecule has 1 aliphatic rings. The number of nitrogens with two attached hydrogens (primary N) is 1. The maximum atomic E-state index is 11.9. The Kier molecular flexibility index (Phi) is 2.74. The molecule has 1 aromatic carbocycles. The van der Waals surface area contributed by atoms with Crippen molar-refractivity contribution in [1.29, 1.82) is 0 Å². The number of pyridine rings is 1. The van der Waals surface area contributed by atoms with Crippen molar-refractivity contribution in [3.05, 3.63) is 30.5 Å². The molecule has 0 aliphatic carbocycles. The summed E-state index contributed by atoms with van der Waals surface area (Å²) in [6.07, 6.45) is 2.56. The lowest BCUT2D eigenvalue weighted by atomic mass is 10.1. The van der Waals surface area contributed by atoms with Crippen molar-refractivity contribution in [3.63, 3.8) is 0 Å². The number of carbonyl (C=O) groups is 1. The minimum atomic E-state index is -0.145. The standard InChI is InChI=1S/C14H16N4O/c1-18-7-5-12(14(18)19)17-11-4-6-16-13-8-9(15)2-3-10(11)13/h2-4,6,8,12H,5,7,15H2,1H3,(H,16,17). The van der Waals surface area contributed by atoms with Crippen molar-refractivity contribution >= 4 is 28.2 Å². The fourth-order valence-corrected chi connectivity index (χ4v) is 2.44. The monoisotopic (exact) mass is 256 g/mol. The Morgan fingerprint density at radius 2 is 2.26 bits per heavy atom. The predicted molar refractivity (Wildman–Crippen MR) is 75.8 cm³/mol. The first-order chi connectivity index (χ1) is 9.15. The number of anilines is 2. The molecule has 1 aromatic heterocycles. The SMILES string of the molecule is CN1CCC(Nc2ccnc3cc(N)ccc23)C1=O. The van der Waals surface area contributed by atoms with Gasteiger partial charge >= 0.3 is 0 Å². The summed E-state index contributed by atoms with van der Waals surface area (Å²) in [6.45, 7) is 0.798. The van der Waals surface area contributed by atoms with Crippen LogP contribution in [0.4, 0.5) is 11.4 Å². The lowest BCUT2D eigenvalue weighted by molar-refractivity contribution is -0.127. The first-order valence-corrected chi connectivity index (χ1v) is 6.31. The van der Waals surface area contributed by atoms with Crippen LogP contribution < -0.4 is 11.1 Å². The van der Waals surface area contributed by atoms with Crippen LogP contribution in [0.2, 0.25) is 0 Å². The Bertz CT molecular complexity index is 640. The van der Waals surface area contributed by atoms with Gasteiger partial charge in [0.15, 0.2) is 0 Å². The molecular formula is C14H16N4O. The molecule has 1 saturated heterocycles. The lowest BCUT2D eigenvalue weighted by Gasteiger charge is -2.15. The number of benzene rings is 1. The number of nitrogens with one attached hydrogen (secondary N) is 1. The second kappa shape index (κ2) is 4.42. The van der Waals surface area contributed by atoms with Crippen molar-refractivity contribution < 1.29 is 4.79 Å². The highest BCUT2D eigenvalue weighted by molar-refractivity contribution is 5.95. The molecule has 1 atom stereocenters. The van der Waals surface area contributed by atoms with E-state index in [-0.39, 0.29) is 11.9 Å². The van der Waals surface area contributed by atoms with E-state index in [1.807, 2.05) is 31.3 Å². The van der Waals surface area contributed by atoms with Crippen LogP contribution in [0.15, 0.2) is 30.5 Å². The van der Waals surface area contributed by atoms with Gasteiger partial charge in [0.25, 0.3) is 0 Å². The Labute approximate surface area is 111 Å². The van der Waals surface area contributed by atoms with E-state index >= 15 is 0 Å². The normalized spacial score (nSPS) is 19.1. The molecule has 0 bridgehead atoms. The highest BCUT2D eigenvalue weighted by Crippen LogP contribution is 2.25. The van der Waals surface area contributed by atoms with Gasteiger partial charge in [0.2, 0.25) is 5.91 Å². The van der Waals surface area contributed by atoms with Gasteiger partial charge in [0.1, 0.15) is 6.04 Å².